The molecule has 0 aromatic heterocycles. The first-order valence-electron chi connectivity index (χ1n) is 4.69. The van der Waals surface area contributed by atoms with E-state index >= 15 is 0 Å². The lowest BCUT2D eigenvalue weighted by atomic mass is 10.0. The Morgan fingerprint density at radius 2 is 2.06 bits per heavy atom. The zero-order valence-corrected chi connectivity index (χ0v) is 8.04. The number of piperazine rings is 1. The number of carbonyl (C=O) groups is 2. The normalized spacial score (nSPS) is 35.0. The Kier molecular flexibility index (Phi) is 2.16. The van der Waals surface area contributed by atoms with Crippen molar-refractivity contribution in [2.45, 2.75) is 30.8 Å². The second-order valence-corrected chi connectivity index (χ2v) is 3.85. The van der Waals surface area contributed by atoms with E-state index in [4.69, 9.17) is 0 Å². The van der Waals surface area contributed by atoms with Gasteiger partial charge in [0.1, 0.15) is 6.04 Å². The van der Waals surface area contributed by atoms with Crippen molar-refractivity contribution in [2.24, 2.45) is 0 Å². The summed E-state index contributed by atoms with van der Waals surface area (Å²) in [6.07, 6.45) is -4.43. The highest BCUT2D eigenvalue weighted by atomic mass is 19.4. The molecule has 8 heteroatoms. The molecule has 2 rings (SSSR count). The average molecular weight is 238 g/mol. The molecule has 2 aliphatic heterocycles. The minimum atomic E-state index is -5.21. The molecule has 0 bridgehead atoms. The lowest BCUT2D eigenvalue weighted by Crippen LogP contribution is -2.74. The molecule has 2 amide bonds. The summed E-state index contributed by atoms with van der Waals surface area (Å²) < 4.78 is 37.5. The Morgan fingerprint density at radius 3 is 2.62 bits per heavy atom. The van der Waals surface area contributed by atoms with Crippen LogP contribution in [0.2, 0.25) is 0 Å². The molecular weight excluding hydrogens is 229 g/mol. The molecule has 2 aliphatic rings. The molecule has 2 atom stereocenters. The maximum absolute atomic E-state index is 12.5. The number of aliphatic hydroxyl groups is 1. The van der Waals surface area contributed by atoms with Crippen LogP contribution in [-0.2, 0) is 9.59 Å². The Balaban J connectivity index is 2.37. The van der Waals surface area contributed by atoms with Gasteiger partial charge in [-0.2, -0.15) is 13.2 Å². The number of hydrogen-bond acceptors (Lipinski definition) is 3. The van der Waals surface area contributed by atoms with E-state index in [0.29, 0.717) is 12.8 Å². The van der Waals surface area contributed by atoms with Crippen LogP contribution in [-0.4, -0.2) is 46.3 Å². The molecule has 5 nitrogen and oxygen atoms in total. The summed E-state index contributed by atoms with van der Waals surface area (Å²) in [5.41, 5.74) is -3.77. The smallest absolute Gasteiger partial charge is 0.356 e. The predicted octanol–water partition coefficient (Wildman–Crippen LogP) is -0.642. The van der Waals surface area contributed by atoms with Gasteiger partial charge in [-0.1, -0.05) is 0 Å². The van der Waals surface area contributed by atoms with Crippen LogP contribution in [0.5, 0.6) is 0 Å². The molecule has 2 heterocycles. The molecular formula is C8H9F3N2O3. The molecule has 2 fully saturated rings. The molecule has 0 aliphatic carbocycles. The van der Waals surface area contributed by atoms with Crippen LogP contribution in [0.3, 0.4) is 0 Å². The number of hydrogen-bond donors (Lipinski definition) is 2. The number of halogens is 3. The van der Waals surface area contributed by atoms with E-state index in [-0.39, 0.29) is 6.54 Å². The number of amides is 2. The molecule has 2 saturated heterocycles. The molecule has 90 valence electrons. The summed E-state index contributed by atoms with van der Waals surface area (Å²) in [6, 6.07) is -0.880. The Morgan fingerprint density at radius 1 is 1.44 bits per heavy atom. The summed E-state index contributed by atoms with van der Waals surface area (Å²) in [5.74, 6) is -2.46. The number of rotatable bonds is 0. The van der Waals surface area contributed by atoms with E-state index in [1.165, 1.54) is 5.32 Å². The van der Waals surface area contributed by atoms with Crippen molar-refractivity contribution < 1.29 is 27.9 Å². The summed E-state index contributed by atoms with van der Waals surface area (Å²) in [7, 11) is 0. The minimum absolute atomic E-state index is 0.0648. The van der Waals surface area contributed by atoms with E-state index < -0.39 is 29.8 Å². The van der Waals surface area contributed by atoms with Crippen LogP contribution < -0.4 is 5.32 Å². The molecule has 0 unspecified atom stereocenters. The standard InChI is InChI=1S/C8H9F3N2O3/c9-8(10,11)7(16)6(15)13-3-1-2-4(13)5(14)12-7/h4,16H,1-3H2,(H,12,14)/t4-,7+/m1/s1. The lowest BCUT2D eigenvalue weighted by molar-refractivity contribution is -0.270. The van der Waals surface area contributed by atoms with Gasteiger partial charge in [-0.3, -0.25) is 9.59 Å². The first kappa shape index (κ1) is 11.2. The molecule has 16 heavy (non-hydrogen) atoms. The van der Waals surface area contributed by atoms with Gasteiger partial charge in [0.15, 0.2) is 0 Å². The third-order valence-electron chi connectivity index (χ3n) is 2.84. The van der Waals surface area contributed by atoms with Crippen molar-refractivity contribution in [3.63, 3.8) is 0 Å². The van der Waals surface area contributed by atoms with E-state index in [2.05, 4.69) is 0 Å². The fraction of sp³-hybridized carbons (Fsp3) is 0.750. The summed E-state index contributed by atoms with van der Waals surface area (Å²) in [4.78, 5) is 23.6. The average Bonchev–Trinajstić information content (AvgIpc) is 2.61. The fourth-order valence-electron chi connectivity index (χ4n) is 2.00. The molecule has 0 spiro atoms. The number of fused-ring (bicyclic) bond motifs is 1. The van der Waals surface area contributed by atoms with Crippen molar-refractivity contribution in [3.05, 3.63) is 0 Å². The highest BCUT2D eigenvalue weighted by molar-refractivity contribution is 5.99. The Labute approximate surface area is 88.2 Å². The van der Waals surface area contributed by atoms with E-state index in [1.807, 2.05) is 0 Å². The summed E-state index contributed by atoms with van der Waals surface area (Å²) >= 11 is 0. The predicted molar refractivity (Wildman–Crippen MR) is 43.9 cm³/mol. The molecule has 0 saturated carbocycles. The van der Waals surface area contributed by atoms with E-state index in [0.717, 1.165) is 4.90 Å². The van der Waals surface area contributed by atoms with Crippen molar-refractivity contribution >= 4 is 11.8 Å². The van der Waals surface area contributed by atoms with Gasteiger partial charge in [-0.25, -0.2) is 0 Å². The maximum atomic E-state index is 12.5. The highest BCUT2D eigenvalue weighted by Gasteiger charge is 2.66. The first-order valence-corrected chi connectivity index (χ1v) is 4.69. The summed E-state index contributed by atoms with van der Waals surface area (Å²) in [5, 5.41) is 10.6. The largest absolute Gasteiger partial charge is 0.446 e. The maximum Gasteiger partial charge on any atom is 0.446 e. The van der Waals surface area contributed by atoms with E-state index in [1.54, 1.807) is 0 Å². The van der Waals surface area contributed by atoms with Crippen LogP contribution >= 0.6 is 0 Å². The van der Waals surface area contributed by atoms with Crippen molar-refractivity contribution in [1.82, 2.24) is 10.2 Å². The molecule has 0 aromatic rings. The van der Waals surface area contributed by atoms with Crippen molar-refractivity contribution in [3.8, 4) is 0 Å². The van der Waals surface area contributed by atoms with Gasteiger partial charge < -0.3 is 15.3 Å². The fourth-order valence-corrected chi connectivity index (χ4v) is 2.00. The number of nitrogens with one attached hydrogen (secondary N) is 1. The van der Waals surface area contributed by atoms with Gasteiger partial charge >= 0.3 is 11.9 Å². The topological polar surface area (TPSA) is 69.6 Å². The number of alkyl halides is 3. The molecule has 0 radical (unpaired) electrons. The molecule has 0 aromatic carbocycles. The lowest BCUT2D eigenvalue weighted by Gasteiger charge is -2.40. The van der Waals surface area contributed by atoms with Crippen molar-refractivity contribution in [1.29, 1.82) is 0 Å². The zero-order chi connectivity index (χ0) is 12.1. The van der Waals surface area contributed by atoms with Crippen molar-refractivity contribution in [2.75, 3.05) is 6.54 Å². The molecule has 2 N–H and O–H groups in total. The summed E-state index contributed by atoms with van der Waals surface area (Å²) in [6.45, 7) is 0.0648. The monoisotopic (exact) mass is 238 g/mol. The van der Waals surface area contributed by atoms with Gasteiger partial charge in [-0.15, -0.1) is 0 Å². The number of nitrogens with zero attached hydrogens (tertiary/aromatic N) is 1. The SMILES string of the molecule is O=C1N[C@@](O)(C(F)(F)F)C(=O)N2CCC[C@H]12. The Bertz CT molecular complexity index is 357. The van der Waals surface area contributed by atoms with Crippen LogP contribution in [0.4, 0.5) is 13.2 Å². The van der Waals surface area contributed by atoms with E-state index in [9.17, 15) is 27.9 Å². The Hall–Kier alpha value is -1.31. The van der Waals surface area contributed by atoms with Gasteiger partial charge in [0.25, 0.3) is 5.91 Å². The van der Waals surface area contributed by atoms with Gasteiger partial charge in [-0.05, 0) is 12.8 Å². The third kappa shape index (κ3) is 1.29. The van der Waals surface area contributed by atoms with Crippen LogP contribution in [0.15, 0.2) is 0 Å². The third-order valence-corrected chi connectivity index (χ3v) is 2.84. The van der Waals surface area contributed by atoms with Gasteiger partial charge in [0.2, 0.25) is 5.91 Å². The zero-order valence-electron chi connectivity index (χ0n) is 8.04. The highest BCUT2D eigenvalue weighted by Crippen LogP contribution is 2.35. The quantitative estimate of drug-likeness (QED) is 0.589. The second kappa shape index (κ2) is 3.09. The number of carbonyl (C=O) groups excluding carboxylic acids is 2. The second-order valence-electron chi connectivity index (χ2n) is 3.85. The van der Waals surface area contributed by atoms with Gasteiger partial charge in [0, 0.05) is 6.54 Å². The van der Waals surface area contributed by atoms with Crippen LogP contribution in [0.25, 0.3) is 0 Å². The van der Waals surface area contributed by atoms with Crippen LogP contribution in [0, 0.1) is 0 Å². The first-order chi connectivity index (χ1) is 7.27. The van der Waals surface area contributed by atoms with Gasteiger partial charge in [0.05, 0.1) is 0 Å². The minimum Gasteiger partial charge on any atom is -0.356 e. The van der Waals surface area contributed by atoms with Crippen LogP contribution in [0.1, 0.15) is 12.8 Å².